The van der Waals surface area contributed by atoms with Crippen LogP contribution in [0.25, 0.3) is 0 Å². The lowest BCUT2D eigenvalue weighted by atomic mass is 9.95. The van der Waals surface area contributed by atoms with Crippen molar-refractivity contribution in [2.45, 2.75) is 35.9 Å². The molecule has 0 bridgehead atoms. The van der Waals surface area contributed by atoms with Gasteiger partial charge in [0.15, 0.2) is 5.60 Å². The van der Waals surface area contributed by atoms with Gasteiger partial charge in [0, 0.05) is 31.4 Å². The highest BCUT2D eigenvalue weighted by Gasteiger charge is 2.51. The number of sulfonamides is 1. The monoisotopic (exact) mass is 434 g/mol. The maximum Gasteiger partial charge on any atom is 0.421 e. The second kappa shape index (κ2) is 7.33. The van der Waals surface area contributed by atoms with Gasteiger partial charge >= 0.3 is 6.18 Å². The van der Waals surface area contributed by atoms with E-state index in [4.69, 9.17) is 0 Å². The van der Waals surface area contributed by atoms with E-state index in [9.17, 15) is 26.7 Å². The number of piperazine rings is 1. The van der Waals surface area contributed by atoms with Crippen molar-refractivity contribution >= 4 is 27.0 Å². The third kappa shape index (κ3) is 3.78. The molecule has 0 amide bonds. The van der Waals surface area contributed by atoms with Crippen molar-refractivity contribution < 1.29 is 26.7 Å². The number of hydrogen-bond donors (Lipinski definition) is 1. The average molecular weight is 435 g/mol. The van der Waals surface area contributed by atoms with Crippen molar-refractivity contribution in [3.8, 4) is 0 Å². The second-order valence-electron chi connectivity index (χ2n) is 6.95. The van der Waals surface area contributed by atoms with E-state index in [1.807, 2.05) is 11.8 Å². The van der Waals surface area contributed by atoms with Crippen LogP contribution < -0.4 is 4.90 Å². The SMILES string of the molecule is C[C@H]1CN(S(=O)(=O)c2cccs2)CCN1c1ccc([C@](C)(O)C(F)(F)F)cc1. The molecule has 154 valence electrons. The number of benzene rings is 1. The maximum atomic E-state index is 13.0. The Hall–Kier alpha value is -1.62. The molecule has 0 saturated carbocycles. The quantitative estimate of drug-likeness (QED) is 0.801. The van der Waals surface area contributed by atoms with Gasteiger partial charge in [-0.15, -0.1) is 11.3 Å². The summed E-state index contributed by atoms with van der Waals surface area (Å²) in [7, 11) is -3.53. The van der Waals surface area contributed by atoms with Gasteiger partial charge in [0.2, 0.25) is 0 Å². The molecular formula is C18H21F3N2O3S2. The van der Waals surface area contributed by atoms with Crippen LogP contribution >= 0.6 is 11.3 Å². The van der Waals surface area contributed by atoms with E-state index in [1.54, 1.807) is 17.5 Å². The van der Waals surface area contributed by atoms with Gasteiger partial charge in [-0.3, -0.25) is 0 Å². The molecule has 1 fully saturated rings. The van der Waals surface area contributed by atoms with Gasteiger partial charge in [0.05, 0.1) is 0 Å². The molecule has 1 aromatic heterocycles. The first kappa shape index (κ1) is 21.1. The molecule has 3 rings (SSSR count). The highest BCUT2D eigenvalue weighted by atomic mass is 32.2. The lowest BCUT2D eigenvalue weighted by molar-refractivity contribution is -0.258. The number of alkyl halides is 3. The van der Waals surface area contributed by atoms with Crippen molar-refractivity contribution in [2.24, 2.45) is 0 Å². The van der Waals surface area contributed by atoms with E-state index < -0.39 is 21.8 Å². The number of thiophene rings is 1. The predicted molar refractivity (Wildman–Crippen MR) is 102 cm³/mol. The first-order valence-corrected chi connectivity index (χ1v) is 11.0. The van der Waals surface area contributed by atoms with Crippen LogP contribution in [0, 0.1) is 0 Å². The minimum atomic E-state index is -4.77. The molecule has 2 atom stereocenters. The normalized spacial score (nSPS) is 21.5. The number of rotatable bonds is 4. The maximum absolute atomic E-state index is 13.0. The molecule has 2 aromatic rings. The predicted octanol–water partition coefficient (Wildman–Crippen LogP) is 3.42. The molecule has 10 heteroatoms. The fourth-order valence-corrected chi connectivity index (χ4v) is 5.86. The number of nitrogens with zero attached hydrogens (tertiary/aromatic N) is 2. The average Bonchev–Trinajstić information content (AvgIpc) is 3.16. The van der Waals surface area contributed by atoms with Crippen LogP contribution in [0.4, 0.5) is 18.9 Å². The van der Waals surface area contributed by atoms with Gasteiger partial charge < -0.3 is 10.0 Å². The fourth-order valence-electron chi connectivity index (χ4n) is 3.20. The Bertz CT molecular complexity index is 911. The summed E-state index contributed by atoms with van der Waals surface area (Å²) in [6, 6.07) is 8.66. The zero-order valence-electron chi connectivity index (χ0n) is 15.3. The Kier molecular flexibility index (Phi) is 5.52. The van der Waals surface area contributed by atoms with Gasteiger partial charge in [-0.25, -0.2) is 8.42 Å². The van der Waals surface area contributed by atoms with Crippen LogP contribution in [0.5, 0.6) is 0 Å². The summed E-state index contributed by atoms with van der Waals surface area (Å²) in [6.07, 6.45) is -4.77. The smallest absolute Gasteiger partial charge is 0.376 e. The number of hydrogen-bond acceptors (Lipinski definition) is 5. The molecule has 0 spiro atoms. The molecule has 1 aliphatic heterocycles. The zero-order chi connectivity index (χ0) is 20.7. The Morgan fingerprint density at radius 1 is 1.14 bits per heavy atom. The number of anilines is 1. The summed E-state index contributed by atoms with van der Waals surface area (Å²) in [5.41, 5.74) is -2.48. The summed E-state index contributed by atoms with van der Waals surface area (Å²) in [4.78, 5) is 1.95. The molecule has 1 aromatic carbocycles. The molecule has 28 heavy (non-hydrogen) atoms. The Morgan fingerprint density at radius 2 is 1.79 bits per heavy atom. The Balaban J connectivity index is 1.75. The van der Waals surface area contributed by atoms with Crippen LogP contribution in [-0.4, -0.2) is 49.7 Å². The van der Waals surface area contributed by atoms with Gasteiger partial charge in [0.25, 0.3) is 10.0 Å². The summed E-state index contributed by atoms with van der Waals surface area (Å²) in [5, 5.41) is 11.5. The fraction of sp³-hybridized carbons (Fsp3) is 0.444. The van der Waals surface area contributed by atoms with E-state index in [0.717, 1.165) is 6.92 Å². The largest absolute Gasteiger partial charge is 0.421 e. The third-order valence-electron chi connectivity index (χ3n) is 4.99. The summed E-state index contributed by atoms with van der Waals surface area (Å²) in [5.74, 6) is 0. The minimum Gasteiger partial charge on any atom is -0.376 e. The van der Waals surface area contributed by atoms with Gasteiger partial charge in [-0.1, -0.05) is 18.2 Å². The van der Waals surface area contributed by atoms with Gasteiger partial charge in [-0.05, 0) is 43.0 Å². The first-order chi connectivity index (χ1) is 12.9. The van der Waals surface area contributed by atoms with Crippen molar-refractivity contribution in [3.05, 3.63) is 47.3 Å². The van der Waals surface area contributed by atoms with E-state index in [0.29, 0.717) is 16.4 Å². The Morgan fingerprint density at radius 3 is 2.29 bits per heavy atom. The summed E-state index contributed by atoms with van der Waals surface area (Å²) >= 11 is 1.17. The highest BCUT2D eigenvalue weighted by Crippen LogP contribution is 2.39. The van der Waals surface area contributed by atoms with Crippen LogP contribution in [0.2, 0.25) is 0 Å². The molecule has 0 unspecified atom stereocenters. The molecule has 1 aliphatic rings. The number of aliphatic hydroxyl groups is 1. The first-order valence-electron chi connectivity index (χ1n) is 8.64. The standard InChI is InChI=1S/C18H21F3N2O3S2/c1-13-12-22(28(25,26)16-4-3-11-27-16)9-10-23(13)15-7-5-14(6-8-15)17(2,24)18(19,20)21/h3-8,11,13,24H,9-10,12H2,1-2H3/t13-,17-/m0/s1. The van der Waals surface area contributed by atoms with Crippen molar-refractivity contribution in [1.82, 2.24) is 4.31 Å². The summed E-state index contributed by atoms with van der Waals surface area (Å²) in [6.45, 7) is 3.57. The van der Waals surface area contributed by atoms with E-state index >= 15 is 0 Å². The second-order valence-corrected chi connectivity index (χ2v) is 10.1. The molecule has 0 aliphatic carbocycles. The van der Waals surface area contributed by atoms with E-state index in [2.05, 4.69) is 0 Å². The third-order valence-corrected chi connectivity index (χ3v) is 8.23. The Labute approximate surface area is 166 Å². The molecule has 1 N–H and O–H groups in total. The van der Waals surface area contributed by atoms with Crippen LogP contribution in [-0.2, 0) is 15.6 Å². The molecule has 5 nitrogen and oxygen atoms in total. The minimum absolute atomic E-state index is 0.155. The van der Waals surface area contributed by atoms with E-state index in [-0.39, 0.29) is 24.7 Å². The lowest BCUT2D eigenvalue weighted by Gasteiger charge is -2.40. The van der Waals surface area contributed by atoms with Crippen molar-refractivity contribution in [3.63, 3.8) is 0 Å². The molecule has 2 heterocycles. The van der Waals surface area contributed by atoms with Crippen molar-refractivity contribution in [1.29, 1.82) is 0 Å². The van der Waals surface area contributed by atoms with Gasteiger partial charge in [0.1, 0.15) is 4.21 Å². The zero-order valence-corrected chi connectivity index (χ0v) is 17.0. The van der Waals surface area contributed by atoms with Crippen LogP contribution in [0.1, 0.15) is 19.4 Å². The van der Waals surface area contributed by atoms with E-state index in [1.165, 1.54) is 39.9 Å². The lowest BCUT2D eigenvalue weighted by Crippen LogP contribution is -2.53. The van der Waals surface area contributed by atoms with Gasteiger partial charge in [-0.2, -0.15) is 17.5 Å². The highest BCUT2D eigenvalue weighted by molar-refractivity contribution is 7.91. The van der Waals surface area contributed by atoms with Crippen molar-refractivity contribution in [2.75, 3.05) is 24.5 Å². The molecule has 0 radical (unpaired) electrons. The molecule has 1 saturated heterocycles. The topological polar surface area (TPSA) is 60.9 Å². The van der Waals surface area contributed by atoms with Crippen LogP contribution in [0.3, 0.4) is 0 Å². The summed E-state index contributed by atoms with van der Waals surface area (Å²) < 4.78 is 66.0. The van der Waals surface area contributed by atoms with Crippen LogP contribution in [0.15, 0.2) is 46.0 Å². The molecular weight excluding hydrogens is 413 g/mol. The number of halogens is 3.